The first-order chi connectivity index (χ1) is 18.7. The largest absolute Gasteiger partial charge is 0.417 e. The van der Waals surface area contributed by atoms with E-state index in [0.29, 0.717) is 0 Å². The van der Waals surface area contributed by atoms with Gasteiger partial charge >= 0.3 is 11.4 Å². The molecule has 0 N–H and O–H groups in total. The molecule has 0 fully saturated rings. The van der Waals surface area contributed by atoms with Gasteiger partial charge in [0.15, 0.2) is 11.5 Å². The van der Waals surface area contributed by atoms with Crippen molar-refractivity contribution in [2.45, 2.75) is 142 Å². The van der Waals surface area contributed by atoms with Crippen LogP contribution in [0.2, 0.25) is 0 Å². The van der Waals surface area contributed by atoms with Crippen LogP contribution in [-0.2, 0) is 49.9 Å². The molecule has 0 spiro atoms. The zero-order valence-corrected chi connectivity index (χ0v) is 24.7. The van der Waals surface area contributed by atoms with Gasteiger partial charge in [-0.25, -0.2) is 0 Å². The lowest BCUT2D eigenvalue weighted by Gasteiger charge is -2.27. The lowest BCUT2D eigenvalue weighted by atomic mass is 9.77. The van der Waals surface area contributed by atoms with Gasteiger partial charge in [-0.05, 0) is 110 Å². The molecule has 0 amide bonds. The molecular formula is C34H48O3S. The lowest BCUT2D eigenvalue weighted by molar-refractivity contribution is 0.461. The van der Waals surface area contributed by atoms with E-state index >= 15 is 0 Å². The quantitative estimate of drug-likeness (QED) is 0.253. The summed E-state index contributed by atoms with van der Waals surface area (Å²) in [6.07, 6.45) is 23.9. The Kier molecular flexibility index (Phi) is 9.86. The third-order valence-electron chi connectivity index (χ3n) is 9.01. The van der Waals surface area contributed by atoms with Gasteiger partial charge in [0.1, 0.15) is 0 Å². The third-order valence-corrected chi connectivity index (χ3v) is 9.62. The smallest absolute Gasteiger partial charge is 0.370 e. The zero-order valence-electron chi connectivity index (χ0n) is 23.9. The van der Waals surface area contributed by atoms with Gasteiger partial charge in [0, 0.05) is 11.1 Å². The van der Waals surface area contributed by atoms with Crippen molar-refractivity contribution in [1.82, 2.24) is 0 Å². The van der Waals surface area contributed by atoms with Gasteiger partial charge in [-0.3, -0.25) is 0 Å². The molecule has 0 unspecified atom stereocenters. The Hall–Kier alpha value is -1.81. The minimum Gasteiger partial charge on any atom is -0.370 e. The van der Waals surface area contributed by atoms with E-state index in [9.17, 15) is 4.21 Å². The van der Waals surface area contributed by atoms with Crippen LogP contribution in [0, 0.1) is 0 Å². The van der Waals surface area contributed by atoms with E-state index in [4.69, 9.17) is 8.37 Å². The maximum atomic E-state index is 13.3. The number of benzene rings is 2. The van der Waals surface area contributed by atoms with Crippen molar-refractivity contribution in [3.8, 4) is 22.6 Å². The van der Waals surface area contributed by atoms with Crippen molar-refractivity contribution in [1.29, 1.82) is 0 Å². The Morgan fingerprint density at radius 1 is 0.605 bits per heavy atom. The first-order valence-electron chi connectivity index (χ1n) is 15.8. The summed E-state index contributed by atoms with van der Waals surface area (Å²) >= 11 is -1.82. The molecule has 2 aromatic carbocycles. The average Bonchev–Trinajstić information content (AvgIpc) is 3.09. The van der Waals surface area contributed by atoms with Crippen LogP contribution < -0.4 is 8.37 Å². The molecule has 0 atom stereocenters. The molecule has 3 nitrogen and oxygen atoms in total. The van der Waals surface area contributed by atoms with Crippen molar-refractivity contribution in [2.24, 2.45) is 0 Å². The fraction of sp³-hybridized carbons (Fsp3) is 0.647. The van der Waals surface area contributed by atoms with E-state index in [1.165, 1.54) is 122 Å². The topological polar surface area (TPSA) is 35.5 Å². The summed E-state index contributed by atoms with van der Waals surface area (Å²) < 4.78 is 25.9. The van der Waals surface area contributed by atoms with Gasteiger partial charge in [-0.1, -0.05) is 77.3 Å². The minimum absolute atomic E-state index is 0.867. The fourth-order valence-corrected chi connectivity index (χ4v) is 7.66. The predicted molar refractivity (Wildman–Crippen MR) is 159 cm³/mol. The summed E-state index contributed by atoms with van der Waals surface area (Å²) in [5.74, 6) is 1.73. The van der Waals surface area contributed by atoms with Crippen LogP contribution in [0.1, 0.15) is 137 Å². The number of unbranched alkanes of at least 4 members (excludes halogenated alkanes) is 8. The van der Waals surface area contributed by atoms with Gasteiger partial charge in [-0.15, -0.1) is 0 Å². The van der Waals surface area contributed by atoms with Crippen LogP contribution in [-0.4, -0.2) is 4.21 Å². The number of fused-ring (bicyclic) bond motifs is 7. The van der Waals surface area contributed by atoms with Gasteiger partial charge in [-0.2, -0.15) is 4.21 Å². The molecule has 2 aromatic rings. The van der Waals surface area contributed by atoms with Crippen molar-refractivity contribution in [2.75, 3.05) is 0 Å². The predicted octanol–water partition coefficient (Wildman–Crippen LogP) is 9.49. The van der Waals surface area contributed by atoms with Gasteiger partial charge < -0.3 is 8.37 Å². The van der Waals surface area contributed by atoms with Gasteiger partial charge in [0.05, 0.1) is 0 Å². The maximum absolute atomic E-state index is 13.3. The molecule has 0 bridgehead atoms. The lowest BCUT2D eigenvalue weighted by Crippen LogP contribution is -2.11. The monoisotopic (exact) mass is 536 g/mol. The van der Waals surface area contributed by atoms with E-state index in [1.807, 2.05) is 0 Å². The van der Waals surface area contributed by atoms with E-state index in [0.717, 1.165) is 62.9 Å². The summed E-state index contributed by atoms with van der Waals surface area (Å²) in [7, 11) is 0. The van der Waals surface area contributed by atoms with Gasteiger partial charge in [0.2, 0.25) is 0 Å². The highest BCUT2D eigenvalue weighted by Gasteiger charge is 2.34. The van der Waals surface area contributed by atoms with Crippen molar-refractivity contribution in [3.63, 3.8) is 0 Å². The second kappa shape index (κ2) is 13.5. The fourth-order valence-electron chi connectivity index (χ4n) is 6.98. The molecule has 38 heavy (non-hydrogen) atoms. The molecule has 1 heterocycles. The van der Waals surface area contributed by atoms with Crippen LogP contribution in [0.3, 0.4) is 0 Å². The average molecular weight is 537 g/mol. The molecule has 1 aliphatic heterocycles. The van der Waals surface area contributed by atoms with Crippen LogP contribution in [0.5, 0.6) is 11.5 Å². The molecule has 0 saturated heterocycles. The van der Waals surface area contributed by atoms with Crippen molar-refractivity contribution < 1.29 is 12.6 Å². The standard InChI is InChI=1S/C34H48O3S/c1-3-5-7-9-11-19-27-23-25-17-13-15-21-29(25)31-32-30-22-16-14-18-26(30)24-28(20-12-10-8-6-4-2)34(32)37-38(35)36-33(27)31/h23-24H,3-22H2,1-2H3. The highest BCUT2D eigenvalue weighted by atomic mass is 32.2. The van der Waals surface area contributed by atoms with E-state index in [2.05, 4.69) is 26.0 Å². The summed E-state index contributed by atoms with van der Waals surface area (Å²) in [4.78, 5) is 0. The molecule has 4 heteroatoms. The minimum atomic E-state index is -1.82. The molecule has 3 aliphatic rings. The van der Waals surface area contributed by atoms with Crippen LogP contribution >= 0.6 is 0 Å². The Balaban J connectivity index is 1.61. The van der Waals surface area contributed by atoms with Crippen molar-refractivity contribution >= 4 is 11.4 Å². The summed E-state index contributed by atoms with van der Waals surface area (Å²) in [6, 6.07) is 4.80. The van der Waals surface area contributed by atoms with Crippen LogP contribution in [0.25, 0.3) is 11.1 Å². The first-order valence-corrected chi connectivity index (χ1v) is 16.8. The van der Waals surface area contributed by atoms with Crippen LogP contribution in [0.15, 0.2) is 12.1 Å². The Bertz CT molecular complexity index is 1050. The number of aryl methyl sites for hydroxylation is 4. The Labute approximate surface area is 234 Å². The molecule has 0 saturated carbocycles. The van der Waals surface area contributed by atoms with Crippen LogP contribution in [0.4, 0.5) is 0 Å². The molecule has 0 aromatic heterocycles. The SMILES string of the molecule is CCCCCCCc1cc2c(c3c1OS(=O)Oc1c(CCCCCCC)cc4c(c1-3)CCCC4)CCCC2. The molecule has 0 radical (unpaired) electrons. The molecule has 5 rings (SSSR count). The van der Waals surface area contributed by atoms with Gasteiger partial charge in [0.25, 0.3) is 0 Å². The number of rotatable bonds is 12. The zero-order chi connectivity index (χ0) is 26.3. The second-order valence-corrected chi connectivity index (χ2v) is 12.6. The molecular weight excluding hydrogens is 488 g/mol. The summed E-state index contributed by atoms with van der Waals surface area (Å²) in [6.45, 7) is 4.54. The van der Waals surface area contributed by atoms with E-state index < -0.39 is 11.4 Å². The first kappa shape index (κ1) is 27.7. The highest BCUT2D eigenvalue weighted by Crippen LogP contribution is 2.52. The Morgan fingerprint density at radius 2 is 1.03 bits per heavy atom. The molecule has 208 valence electrons. The maximum Gasteiger partial charge on any atom is 0.417 e. The highest BCUT2D eigenvalue weighted by molar-refractivity contribution is 7.76. The van der Waals surface area contributed by atoms with Crippen molar-refractivity contribution in [3.05, 3.63) is 45.5 Å². The number of hydrogen-bond acceptors (Lipinski definition) is 3. The van der Waals surface area contributed by atoms with E-state index in [1.54, 1.807) is 0 Å². The molecule has 2 aliphatic carbocycles. The van der Waals surface area contributed by atoms with E-state index in [-0.39, 0.29) is 0 Å². The Morgan fingerprint density at radius 3 is 1.47 bits per heavy atom. The summed E-state index contributed by atoms with van der Waals surface area (Å²) in [5, 5.41) is 0. The summed E-state index contributed by atoms with van der Waals surface area (Å²) in [5.41, 5.74) is 10.9. The second-order valence-electron chi connectivity index (χ2n) is 11.9. The normalized spacial score (nSPS) is 16.5. The number of hydrogen-bond donors (Lipinski definition) is 0. The third kappa shape index (κ3) is 6.16.